The van der Waals surface area contributed by atoms with E-state index in [1.807, 2.05) is 18.3 Å². The summed E-state index contributed by atoms with van der Waals surface area (Å²) in [5, 5.41) is 0. The first-order valence-corrected chi connectivity index (χ1v) is 7.63. The van der Waals surface area contributed by atoms with Crippen molar-refractivity contribution in [3.8, 4) is 0 Å². The number of ether oxygens (including phenoxy) is 1. The van der Waals surface area contributed by atoms with Gasteiger partial charge < -0.3 is 14.2 Å². The number of nitrogens with zero attached hydrogens (tertiary/aromatic N) is 3. The minimum atomic E-state index is 0.142. The van der Waals surface area contributed by atoms with Crippen LogP contribution in [0.5, 0.6) is 0 Å². The van der Waals surface area contributed by atoms with E-state index in [-0.39, 0.29) is 17.7 Å². The third kappa shape index (κ3) is 2.75. The summed E-state index contributed by atoms with van der Waals surface area (Å²) >= 11 is 0. The summed E-state index contributed by atoms with van der Waals surface area (Å²) in [6, 6.07) is 0. The molecule has 0 unspecified atom stereocenters. The maximum absolute atomic E-state index is 12.7. The molecule has 2 atom stereocenters. The molecule has 5 heteroatoms. The molecule has 0 radical (unpaired) electrons. The average molecular weight is 289 g/mol. The Kier molecular flexibility index (Phi) is 4.10. The van der Waals surface area contributed by atoms with Crippen LogP contribution in [0, 0.1) is 5.92 Å². The summed E-state index contributed by atoms with van der Waals surface area (Å²) in [5.74, 6) is 0.634. The number of aryl methyl sites for hydroxylation is 1. The van der Waals surface area contributed by atoms with Crippen molar-refractivity contribution in [2.24, 2.45) is 13.0 Å². The molecule has 0 aromatic carbocycles. The number of amides is 1. The Labute approximate surface area is 125 Å². The van der Waals surface area contributed by atoms with E-state index in [4.69, 9.17) is 4.74 Å². The zero-order chi connectivity index (χ0) is 14.8. The van der Waals surface area contributed by atoms with E-state index in [1.54, 1.807) is 7.11 Å². The molecule has 0 spiro atoms. The highest BCUT2D eigenvalue weighted by molar-refractivity contribution is 5.79. The van der Waals surface area contributed by atoms with Crippen LogP contribution in [-0.4, -0.2) is 40.6 Å². The number of aromatic nitrogens is 2. The number of hydrogen-bond acceptors (Lipinski definition) is 3. The standard InChI is InChI=1S/C16H23N3O2/c1-18-11-17-14-9-19(8-13(10-21-2)15(14)18)16(20)12-6-4-3-5-7-12/h3-4,11-13H,5-10H2,1-2H3/t12-,13+/m1/s1. The number of methoxy groups -OCH3 is 1. The highest BCUT2D eigenvalue weighted by atomic mass is 16.5. The van der Waals surface area contributed by atoms with Gasteiger partial charge in [0.05, 0.1) is 25.2 Å². The van der Waals surface area contributed by atoms with Crippen molar-refractivity contribution in [2.75, 3.05) is 20.3 Å². The number of carbonyl (C=O) groups is 1. The van der Waals surface area contributed by atoms with Gasteiger partial charge in [0.15, 0.2) is 0 Å². The van der Waals surface area contributed by atoms with Crippen LogP contribution in [0.25, 0.3) is 0 Å². The lowest BCUT2D eigenvalue weighted by molar-refractivity contribution is -0.137. The van der Waals surface area contributed by atoms with E-state index in [1.165, 1.54) is 5.69 Å². The fraction of sp³-hybridized carbons (Fsp3) is 0.625. The second-order valence-electron chi connectivity index (χ2n) is 6.04. The molecule has 0 saturated carbocycles. The Morgan fingerprint density at radius 3 is 3.05 bits per heavy atom. The van der Waals surface area contributed by atoms with E-state index in [0.717, 1.165) is 31.5 Å². The maximum atomic E-state index is 12.7. The number of allylic oxidation sites excluding steroid dienone is 2. The number of fused-ring (bicyclic) bond motifs is 1. The van der Waals surface area contributed by atoms with Gasteiger partial charge in [-0.2, -0.15) is 0 Å². The van der Waals surface area contributed by atoms with Crippen LogP contribution in [0.1, 0.15) is 36.6 Å². The predicted molar refractivity (Wildman–Crippen MR) is 79.7 cm³/mol. The van der Waals surface area contributed by atoms with E-state index >= 15 is 0 Å². The molecule has 0 fully saturated rings. The van der Waals surface area contributed by atoms with Crippen molar-refractivity contribution < 1.29 is 9.53 Å². The van der Waals surface area contributed by atoms with Crippen LogP contribution in [0.3, 0.4) is 0 Å². The molecule has 1 amide bonds. The summed E-state index contributed by atoms with van der Waals surface area (Å²) in [7, 11) is 3.72. The molecule has 1 aromatic heterocycles. The zero-order valence-electron chi connectivity index (χ0n) is 12.8. The van der Waals surface area contributed by atoms with Crippen molar-refractivity contribution in [2.45, 2.75) is 31.7 Å². The summed E-state index contributed by atoms with van der Waals surface area (Å²) in [5.41, 5.74) is 2.23. The van der Waals surface area contributed by atoms with Gasteiger partial charge >= 0.3 is 0 Å². The van der Waals surface area contributed by atoms with Crippen molar-refractivity contribution >= 4 is 5.91 Å². The number of rotatable bonds is 3. The normalized spacial score (nSPS) is 25.0. The van der Waals surface area contributed by atoms with E-state index < -0.39 is 0 Å². The largest absolute Gasteiger partial charge is 0.384 e. The lowest BCUT2D eigenvalue weighted by Crippen LogP contribution is -2.43. The van der Waals surface area contributed by atoms with Gasteiger partial charge in [0.2, 0.25) is 5.91 Å². The molecule has 0 N–H and O–H groups in total. The third-order valence-electron chi connectivity index (χ3n) is 4.53. The fourth-order valence-electron chi connectivity index (χ4n) is 3.51. The fourth-order valence-corrected chi connectivity index (χ4v) is 3.51. The molecule has 3 rings (SSSR count). The topological polar surface area (TPSA) is 47.4 Å². The zero-order valence-corrected chi connectivity index (χ0v) is 12.8. The summed E-state index contributed by atoms with van der Waals surface area (Å²) in [6.07, 6.45) is 9.00. The van der Waals surface area contributed by atoms with Gasteiger partial charge in [-0.15, -0.1) is 0 Å². The van der Waals surface area contributed by atoms with Crippen molar-refractivity contribution in [3.05, 3.63) is 29.9 Å². The highest BCUT2D eigenvalue weighted by Gasteiger charge is 2.33. The molecule has 21 heavy (non-hydrogen) atoms. The smallest absolute Gasteiger partial charge is 0.226 e. The Bertz CT molecular complexity index is 550. The van der Waals surface area contributed by atoms with Crippen LogP contribution in [-0.2, 0) is 23.1 Å². The highest BCUT2D eigenvalue weighted by Crippen LogP contribution is 2.30. The van der Waals surface area contributed by atoms with Crippen molar-refractivity contribution in [1.29, 1.82) is 0 Å². The first kappa shape index (κ1) is 14.3. The second-order valence-corrected chi connectivity index (χ2v) is 6.04. The summed E-state index contributed by atoms with van der Waals surface area (Å²) < 4.78 is 7.41. The van der Waals surface area contributed by atoms with Crippen LogP contribution < -0.4 is 0 Å². The van der Waals surface area contributed by atoms with Gasteiger partial charge in [-0.3, -0.25) is 4.79 Å². The minimum absolute atomic E-state index is 0.142. The van der Waals surface area contributed by atoms with Gasteiger partial charge in [-0.1, -0.05) is 12.2 Å². The van der Waals surface area contributed by atoms with Crippen molar-refractivity contribution in [1.82, 2.24) is 14.5 Å². The van der Waals surface area contributed by atoms with Gasteiger partial charge in [0.1, 0.15) is 0 Å². The van der Waals surface area contributed by atoms with Gasteiger partial charge in [0, 0.05) is 38.2 Å². The Hall–Kier alpha value is -1.62. The van der Waals surface area contributed by atoms with Crippen LogP contribution >= 0.6 is 0 Å². The molecular weight excluding hydrogens is 266 g/mol. The molecule has 1 aromatic rings. The van der Waals surface area contributed by atoms with Crippen LogP contribution in [0.4, 0.5) is 0 Å². The van der Waals surface area contributed by atoms with E-state index in [2.05, 4.69) is 21.7 Å². The Balaban J connectivity index is 1.79. The SMILES string of the molecule is COC[C@@H]1CN(C(=O)[C@@H]2CC=CCC2)Cc2ncn(C)c21. The first-order chi connectivity index (χ1) is 10.2. The minimum Gasteiger partial charge on any atom is -0.384 e. The Morgan fingerprint density at radius 2 is 2.33 bits per heavy atom. The molecule has 1 aliphatic heterocycles. The van der Waals surface area contributed by atoms with Gasteiger partial charge in [-0.05, 0) is 19.3 Å². The number of carbonyl (C=O) groups excluding carboxylic acids is 1. The van der Waals surface area contributed by atoms with Crippen molar-refractivity contribution in [3.63, 3.8) is 0 Å². The maximum Gasteiger partial charge on any atom is 0.226 e. The predicted octanol–water partition coefficient (Wildman–Crippen LogP) is 1.85. The quantitative estimate of drug-likeness (QED) is 0.798. The lowest BCUT2D eigenvalue weighted by atomic mass is 9.91. The Morgan fingerprint density at radius 1 is 1.48 bits per heavy atom. The van der Waals surface area contributed by atoms with Crippen LogP contribution in [0.15, 0.2) is 18.5 Å². The number of imidazole rings is 1. The molecule has 2 heterocycles. The summed E-state index contributed by atoms with van der Waals surface area (Å²) in [6.45, 7) is 2.00. The third-order valence-corrected chi connectivity index (χ3v) is 4.53. The molecule has 5 nitrogen and oxygen atoms in total. The average Bonchev–Trinajstić information content (AvgIpc) is 2.89. The second kappa shape index (κ2) is 6.02. The van der Waals surface area contributed by atoms with E-state index in [9.17, 15) is 4.79 Å². The van der Waals surface area contributed by atoms with Gasteiger partial charge in [0.25, 0.3) is 0 Å². The van der Waals surface area contributed by atoms with E-state index in [0.29, 0.717) is 13.2 Å². The molecule has 0 bridgehead atoms. The van der Waals surface area contributed by atoms with Gasteiger partial charge in [-0.25, -0.2) is 4.98 Å². The monoisotopic (exact) mass is 289 g/mol. The molecule has 114 valence electrons. The molecule has 0 saturated heterocycles. The summed E-state index contributed by atoms with van der Waals surface area (Å²) in [4.78, 5) is 19.2. The molecule has 2 aliphatic rings. The lowest BCUT2D eigenvalue weighted by Gasteiger charge is -2.35. The first-order valence-electron chi connectivity index (χ1n) is 7.63. The molecule has 1 aliphatic carbocycles. The number of hydrogen-bond donors (Lipinski definition) is 0. The van der Waals surface area contributed by atoms with Crippen LogP contribution in [0.2, 0.25) is 0 Å². The molecular formula is C16H23N3O2.